The molecule has 0 aromatic carbocycles. The Balaban J connectivity index is 3.79. The fourth-order valence-corrected chi connectivity index (χ4v) is 2.08. The molecule has 1 N–H and O–H groups in total. The van der Waals surface area contributed by atoms with Crippen LogP contribution in [0.2, 0.25) is 0 Å². The minimum Gasteiger partial charge on any atom is -0.385 e. The average molecular weight is 259 g/mol. The molecule has 0 radical (unpaired) electrons. The van der Waals surface area contributed by atoms with Crippen LogP contribution < -0.4 is 5.32 Å². The van der Waals surface area contributed by atoms with Gasteiger partial charge in [-0.25, -0.2) is 0 Å². The van der Waals surface area contributed by atoms with E-state index >= 15 is 0 Å². The van der Waals surface area contributed by atoms with E-state index < -0.39 is 0 Å². The lowest BCUT2D eigenvalue weighted by molar-refractivity contribution is 0.0763. The summed E-state index contributed by atoms with van der Waals surface area (Å²) in [5.74, 6) is 0. The van der Waals surface area contributed by atoms with Gasteiger partial charge >= 0.3 is 0 Å². The van der Waals surface area contributed by atoms with Crippen LogP contribution in [0.15, 0.2) is 0 Å². The highest BCUT2D eigenvalue weighted by Crippen LogP contribution is 2.27. The zero-order valence-corrected chi connectivity index (χ0v) is 13.1. The van der Waals surface area contributed by atoms with Crippen LogP contribution in [-0.2, 0) is 9.47 Å². The Hall–Kier alpha value is -0.120. The van der Waals surface area contributed by atoms with E-state index in [1.807, 2.05) is 0 Å². The monoisotopic (exact) mass is 259 g/mol. The van der Waals surface area contributed by atoms with Crippen LogP contribution in [0.1, 0.15) is 53.4 Å². The van der Waals surface area contributed by atoms with Gasteiger partial charge in [0.15, 0.2) is 0 Å². The summed E-state index contributed by atoms with van der Waals surface area (Å²) in [4.78, 5) is 0. The van der Waals surface area contributed by atoms with Gasteiger partial charge in [0.1, 0.15) is 0 Å². The van der Waals surface area contributed by atoms with E-state index in [1.54, 1.807) is 7.11 Å². The van der Waals surface area contributed by atoms with Crippen molar-refractivity contribution in [3.05, 3.63) is 0 Å². The first-order valence-corrected chi connectivity index (χ1v) is 7.34. The number of hydrogen-bond acceptors (Lipinski definition) is 3. The molecule has 18 heavy (non-hydrogen) atoms. The number of hydrogen-bond donors (Lipinski definition) is 1. The Morgan fingerprint density at radius 2 is 1.83 bits per heavy atom. The van der Waals surface area contributed by atoms with Gasteiger partial charge in [0.05, 0.1) is 0 Å². The first-order chi connectivity index (χ1) is 8.54. The summed E-state index contributed by atoms with van der Waals surface area (Å²) < 4.78 is 10.7. The Labute approximate surface area is 114 Å². The highest BCUT2D eigenvalue weighted by molar-refractivity contribution is 4.77. The molecule has 3 heteroatoms. The molecule has 0 saturated carbocycles. The molecule has 0 aliphatic rings. The van der Waals surface area contributed by atoms with Gasteiger partial charge in [-0.05, 0) is 24.7 Å². The Kier molecular flexibility index (Phi) is 10.7. The van der Waals surface area contributed by atoms with Gasteiger partial charge in [-0.1, -0.05) is 34.1 Å². The standard InChI is InChI=1S/C15H33NO2/c1-6-8-15(4,13-16-14(2)3)9-12-18-11-7-10-17-5/h14,16H,6-13H2,1-5H3. The Morgan fingerprint density at radius 1 is 1.11 bits per heavy atom. The molecule has 0 amide bonds. The minimum absolute atomic E-state index is 0.361. The Morgan fingerprint density at radius 3 is 2.39 bits per heavy atom. The molecule has 110 valence electrons. The normalized spacial score (nSPS) is 15.0. The molecule has 0 fully saturated rings. The number of ether oxygens (including phenoxy) is 2. The van der Waals surface area contributed by atoms with Crippen LogP contribution in [0.25, 0.3) is 0 Å². The SMILES string of the molecule is CCCC(C)(CCOCCCOC)CNC(C)C. The molecule has 0 bridgehead atoms. The lowest BCUT2D eigenvalue weighted by Gasteiger charge is -2.30. The molecule has 3 nitrogen and oxygen atoms in total. The van der Waals surface area contributed by atoms with Gasteiger partial charge < -0.3 is 14.8 Å². The van der Waals surface area contributed by atoms with Crippen molar-refractivity contribution in [1.82, 2.24) is 5.32 Å². The van der Waals surface area contributed by atoms with Gasteiger partial charge in [-0.2, -0.15) is 0 Å². The largest absolute Gasteiger partial charge is 0.385 e. The third kappa shape index (κ3) is 9.86. The van der Waals surface area contributed by atoms with E-state index in [2.05, 4.69) is 33.0 Å². The summed E-state index contributed by atoms with van der Waals surface area (Å²) >= 11 is 0. The van der Waals surface area contributed by atoms with Crippen LogP contribution in [0.5, 0.6) is 0 Å². The van der Waals surface area contributed by atoms with E-state index in [4.69, 9.17) is 9.47 Å². The first kappa shape index (κ1) is 17.9. The van der Waals surface area contributed by atoms with Gasteiger partial charge in [0.25, 0.3) is 0 Å². The second-order valence-electron chi connectivity index (χ2n) is 5.80. The van der Waals surface area contributed by atoms with Gasteiger partial charge in [-0.3, -0.25) is 0 Å². The molecule has 0 aromatic rings. The van der Waals surface area contributed by atoms with Gasteiger partial charge in [0, 0.05) is 39.5 Å². The van der Waals surface area contributed by atoms with Crippen molar-refractivity contribution < 1.29 is 9.47 Å². The molecule has 1 atom stereocenters. The van der Waals surface area contributed by atoms with Crippen molar-refractivity contribution in [2.75, 3.05) is 33.5 Å². The molecule has 0 aromatic heterocycles. The summed E-state index contributed by atoms with van der Waals surface area (Å²) in [6.07, 6.45) is 4.62. The zero-order chi connectivity index (χ0) is 13.9. The molecule has 0 spiro atoms. The highest BCUT2D eigenvalue weighted by atomic mass is 16.5. The third-order valence-corrected chi connectivity index (χ3v) is 3.28. The summed E-state index contributed by atoms with van der Waals surface area (Å²) in [6.45, 7) is 12.6. The van der Waals surface area contributed by atoms with E-state index in [0.717, 1.165) is 39.2 Å². The molecular weight excluding hydrogens is 226 g/mol. The van der Waals surface area contributed by atoms with Crippen LogP contribution in [-0.4, -0.2) is 39.5 Å². The van der Waals surface area contributed by atoms with Crippen molar-refractivity contribution in [2.24, 2.45) is 5.41 Å². The smallest absolute Gasteiger partial charge is 0.0487 e. The van der Waals surface area contributed by atoms with Crippen molar-refractivity contribution in [1.29, 1.82) is 0 Å². The quantitative estimate of drug-likeness (QED) is 0.546. The summed E-state index contributed by atoms with van der Waals surface area (Å²) in [7, 11) is 1.73. The van der Waals surface area contributed by atoms with Gasteiger partial charge in [0.2, 0.25) is 0 Å². The predicted octanol–water partition coefficient (Wildman–Crippen LogP) is 3.23. The lowest BCUT2D eigenvalue weighted by atomic mass is 9.82. The number of methoxy groups -OCH3 is 1. The van der Waals surface area contributed by atoms with Crippen molar-refractivity contribution >= 4 is 0 Å². The second kappa shape index (κ2) is 10.8. The van der Waals surface area contributed by atoms with Crippen molar-refractivity contribution in [3.8, 4) is 0 Å². The molecular formula is C15H33NO2. The number of rotatable bonds is 12. The fourth-order valence-electron chi connectivity index (χ4n) is 2.08. The van der Waals surface area contributed by atoms with Crippen LogP contribution in [0.3, 0.4) is 0 Å². The second-order valence-corrected chi connectivity index (χ2v) is 5.80. The van der Waals surface area contributed by atoms with Crippen LogP contribution >= 0.6 is 0 Å². The molecule has 0 aliphatic heterocycles. The van der Waals surface area contributed by atoms with Crippen LogP contribution in [0, 0.1) is 5.41 Å². The third-order valence-electron chi connectivity index (χ3n) is 3.28. The summed E-state index contributed by atoms with van der Waals surface area (Å²) in [6, 6.07) is 0.559. The summed E-state index contributed by atoms with van der Waals surface area (Å²) in [5.41, 5.74) is 0.361. The molecule has 0 aliphatic carbocycles. The van der Waals surface area contributed by atoms with Gasteiger partial charge in [-0.15, -0.1) is 0 Å². The molecule has 0 heterocycles. The van der Waals surface area contributed by atoms with Crippen LogP contribution in [0.4, 0.5) is 0 Å². The molecule has 0 saturated heterocycles. The Bertz CT molecular complexity index is 185. The maximum absolute atomic E-state index is 5.68. The van der Waals surface area contributed by atoms with E-state index in [1.165, 1.54) is 12.8 Å². The van der Waals surface area contributed by atoms with E-state index in [9.17, 15) is 0 Å². The predicted molar refractivity (Wildman–Crippen MR) is 78.1 cm³/mol. The number of nitrogens with one attached hydrogen (secondary N) is 1. The van der Waals surface area contributed by atoms with E-state index in [-0.39, 0.29) is 0 Å². The lowest BCUT2D eigenvalue weighted by Crippen LogP contribution is -2.36. The average Bonchev–Trinajstić information content (AvgIpc) is 2.32. The molecule has 1 unspecified atom stereocenters. The topological polar surface area (TPSA) is 30.5 Å². The highest BCUT2D eigenvalue weighted by Gasteiger charge is 2.22. The van der Waals surface area contributed by atoms with Crippen molar-refractivity contribution in [3.63, 3.8) is 0 Å². The maximum Gasteiger partial charge on any atom is 0.0487 e. The summed E-state index contributed by atoms with van der Waals surface area (Å²) in [5, 5.41) is 3.56. The zero-order valence-electron chi connectivity index (χ0n) is 13.1. The minimum atomic E-state index is 0.361. The first-order valence-electron chi connectivity index (χ1n) is 7.34. The fraction of sp³-hybridized carbons (Fsp3) is 1.00. The molecule has 0 rings (SSSR count). The van der Waals surface area contributed by atoms with E-state index in [0.29, 0.717) is 11.5 Å². The maximum atomic E-state index is 5.68. The van der Waals surface area contributed by atoms with Crippen molar-refractivity contribution in [2.45, 2.75) is 59.4 Å².